The largest absolute Gasteiger partial charge is 0.460 e. The third kappa shape index (κ3) is 7.41. The van der Waals surface area contributed by atoms with Crippen LogP contribution in [0.2, 0.25) is 0 Å². The molecular weight excluding hydrogens is 549 g/mol. The number of hydrogen-bond acceptors (Lipinski definition) is 6. The number of carbonyl (C=O) groups excluding carboxylic acids is 3. The number of nitrogens with zero attached hydrogens (tertiary/aromatic N) is 1. The van der Waals surface area contributed by atoms with Crippen molar-refractivity contribution in [1.82, 2.24) is 4.90 Å². The van der Waals surface area contributed by atoms with Gasteiger partial charge in [0.25, 0.3) is 0 Å². The lowest BCUT2D eigenvalue weighted by atomic mass is 9.76. The number of carbonyl (C=O) groups is 3. The first-order valence-corrected chi connectivity index (χ1v) is 16.5. The third-order valence-electron chi connectivity index (χ3n) is 10.1. The van der Waals surface area contributed by atoms with Crippen molar-refractivity contribution in [1.29, 1.82) is 0 Å². The van der Waals surface area contributed by atoms with Crippen molar-refractivity contribution >= 4 is 34.4 Å². The highest BCUT2D eigenvalue weighted by Gasteiger charge is 2.47. The molecule has 2 saturated carbocycles. The average molecular weight is 598 g/mol. The highest BCUT2D eigenvalue weighted by Crippen LogP contribution is 2.41. The highest BCUT2D eigenvalue weighted by molar-refractivity contribution is 6.00. The number of hydrogen-bond donors (Lipinski definition) is 2. The Morgan fingerprint density at radius 2 is 1.81 bits per heavy atom. The number of unbranched alkanes of at least 4 members (excludes halogenated alkanes) is 2. The smallest absolute Gasteiger partial charge is 0.374 e. The van der Waals surface area contributed by atoms with Gasteiger partial charge in [0.15, 0.2) is 0 Å². The SMILES string of the molecule is CCCCCOC(=O)c1cc2cc(NC(=O)[C@@H]3[C@H](C4CCCCC4)CCN3C(=O)C3CCC([C@H](N)CF)CC3)ccc2o1. The van der Waals surface area contributed by atoms with Crippen molar-refractivity contribution in [2.24, 2.45) is 29.4 Å². The number of fused-ring (bicyclic) bond motifs is 1. The highest BCUT2D eigenvalue weighted by atomic mass is 19.1. The first-order chi connectivity index (χ1) is 20.9. The summed E-state index contributed by atoms with van der Waals surface area (Å²) < 4.78 is 24.2. The van der Waals surface area contributed by atoms with Gasteiger partial charge in [0.05, 0.1) is 6.61 Å². The Morgan fingerprint density at radius 1 is 1.05 bits per heavy atom. The molecule has 3 atom stereocenters. The van der Waals surface area contributed by atoms with Crippen LogP contribution in [-0.2, 0) is 14.3 Å². The number of nitrogens with two attached hydrogens (primary N) is 1. The first kappa shape index (κ1) is 31.5. The molecule has 1 saturated heterocycles. The minimum Gasteiger partial charge on any atom is -0.460 e. The molecule has 5 rings (SSSR count). The Bertz CT molecular complexity index is 1250. The van der Waals surface area contributed by atoms with Crippen molar-refractivity contribution in [3.8, 4) is 0 Å². The number of furan rings is 1. The second-order valence-corrected chi connectivity index (χ2v) is 13.0. The number of esters is 1. The number of anilines is 1. The standard InChI is InChI=1S/C34H48FN3O5/c1-2-3-7-18-42-34(41)30-20-25-19-26(14-15-29(25)43-30)37-32(39)31-27(22-8-5-4-6-9-22)16-17-38(31)33(40)24-12-10-23(11-13-24)28(36)21-35/h14-15,19-20,22-24,27-28,31H,2-13,16-18,21,36H2,1H3,(H,37,39)/t23?,24?,27-,28+,31-/m0/s1. The van der Waals surface area contributed by atoms with Gasteiger partial charge in [-0.1, -0.05) is 51.9 Å². The maximum Gasteiger partial charge on any atom is 0.374 e. The predicted molar refractivity (Wildman–Crippen MR) is 164 cm³/mol. The molecule has 236 valence electrons. The molecule has 1 aromatic heterocycles. The van der Waals surface area contributed by atoms with Gasteiger partial charge in [0.1, 0.15) is 18.3 Å². The molecule has 2 amide bonds. The summed E-state index contributed by atoms with van der Waals surface area (Å²) in [7, 11) is 0. The molecule has 1 aliphatic heterocycles. The fourth-order valence-electron chi connectivity index (χ4n) is 7.64. The lowest BCUT2D eigenvalue weighted by molar-refractivity contribution is -0.142. The molecule has 2 aromatic rings. The van der Waals surface area contributed by atoms with Crippen LogP contribution in [0.15, 0.2) is 28.7 Å². The quantitative estimate of drug-likeness (QED) is 0.222. The van der Waals surface area contributed by atoms with E-state index in [4.69, 9.17) is 14.9 Å². The molecule has 0 bridgehead atoms. The number of rotatable bonds is 11. The summed E-state index contributed by atoms with van der Waals surface area (Å²) in [5, 5.41) is 3.80. The summed E-state index contributed by atoms with van der Waals surface area (Å²) in [5.41, 5.74) is 7.10. The molecule has 8 nitrogen and oxygen atoms in total. The molecule has 3 fully saturated rings. The second kappa shape index (κ2) is 14.7. The van der Waals surface area contributed by atoms with Crippen LogP contribution < -0.4 is 11.1 Å². The minimum atomic E-state index is -0.532. The van der Waals surface area contributed by atoms with E-state index in [9.17, 15) is 18.8 Å². The van der Waals surface area contributed by atoms with E-state index < -0.39 is 24.7 Å². The van der Waals surface area contributed by atoms with Crippen LogP contribution in [-0.4, -0.2) is 54.6 Å². The van der Waals surface area contributed by atoms with Gasteiger partial charge >= 0.3 is 5.97 Å². The zero-order valence-corrected chi connectivity index (χ0v) is 25.5. The van der Waals surface area contributed by atoms with E-state index in [0.29, 0.717) is 48.6 Å². The molecule has 43 heavy (non-hydrogen) atoms. The van der Waals surface area contributed by atoms with Gasteiger partial charge in [-0.2, -0.15) is 0 Å². The Kier molecular flexibility index (Phi) is 10.8. The summed E-state index contributed by atoms with van der Waals surface area (Å²) >= 11 is 0. The summed E-state index contributed by atoms with van der Waals surface area (Å²) in [6.45, 7) is 2.51. The number of likely N-dealkylation sites (tertiary alicyclic amines) is 1. The van der Waals surface area contributed by atoms with E-state index >= 15 is 0 Å². The third-order valence-corrected chi connectivity index (χ3v) is 10.1. The summed E-state index contributed by atoms with van der Waals surface area (Å²) in [4.78, 5) is 42.2. The van der Waals surface area contributed by atoms with Crippen molar-refractivity contribution in [3.63, 3.8) is 0 Å². The maximum absolute atomic E-state index is 14.0. The number of alkyl halides is 1. The zero-order valence-electron chi connectivity index (χ0n) is 25.5. The Hall–Kier alpha value is -2.94. The van der Waals surface area contributed by atoms with E-state index in [0.717, 1.165) is 51.4 Å². The zero-order chi connectivity index (χ0) is 30.3. The fourth-order valence-corrected chi connectivity index (χ4v) is 7.64. The predicted octanol–water partition coefficient (Wildman–Crippen LogP) is 6.62. The topological polar surface area (TPSA) is 115 Å². The van der Waals surface area contributed by atoms with E-state index in [1.54, 1.807) is 24.3 Å². The van der Waals surface area contributed by atoms with Crippen molar-refractivity contribution in [3.05, 3.63) is 30.0 Å². The molecule has 9 heteroatoms. The van der Waals surface area contributed by atoms with Gasteiger partial charge in [-0.3, -0.25) is 9.59 Å². The van der Waals surface area contributed by atoms with Crippen LogP contribution in [0.5, 0.6) is 0 Å². The monoisotopic (exact) mass is 597 g/mol. The molecule has 3 aliphatic rings. The van der Waals surface area contributed by atoms with Crippen LogP contribution in [0.1, 0.15) is 101 Å². The first-order valence-electron chi connectivity index (χ1n) is 16.5. The summed E-state index contributed by atoms with van der Waals surface area (Å²) in [6, 6.07) is 5.99. The van der Waals surface area contributed by atoms with Crippen molar-refractivity contribution in [2.45, 2.75) is 102 Å². The van der Waals surface area contributed by atoms with E-state index in [-0.39, 0.29) is 35.3 Å². The lowest BCUT2D eigenvalue weighted by Gasteiger charge is -2.36. The number of halogens is 1. The second-order valence-electron chi connectivity index (χ2n) is 13.0. The van der Waals surface area contributed by atoms with Crippen LogP contribution >= 0.6 is 0 Å². The fraction of sp³-hybridized carbons (Fsp3) is 0.676. The lowest BCUT2D eigenvalue weighted by Crippen LogP contribution is -2.50. The molecule has 3 N–H and O–H groups in total. The molecular formula is C34H48FN3O5. The van der Waals surface area contributed by atoms with Gasteiger partial charge < -0.3 is 25.1 Å². The number of benzene rings is 1. The van der Waals surface area contributed by atoms with Gasteiger partial charge in [-0.15, -0.1) is 0 Å². The molecule has 2 heterocycles. The van der Waals surface area contributed by atoms with Crippen LogP contribution in [0, 0.1) is 23.7 Å². The number of nitrogens with one attached hydrogen (secondary N) is 1. The molecule has 0 radical (unpaired) electrons. The Labute approximate surface area is 254 Å². The molecule has 1 aromatic carbocycles. The van der Waals surface area contributed by atoms with Crippen LogP contribution in [0.25, 0.3) is 11.0 Å². The van der Waals surface area contributed by atoms with E-state index in [2.05, 4.69) is 12.2 Å². The van der Waals surface area contributed by atoms with Crippen molar-refractivity contribution < 1.29 is 27.9 Å². The van der Waals surface area contributed by atoms with Gasteiger partial charge in [0, 0.05) is 29.6 Å². The van der Waals surface area contributed by atoms with Gasteiger partial charge in [0.2, 0.25) is 17.6 Å². The summed E-state index contributed by atoms with van der Waals surface area (Å²) in [6.07, 6.45) is 12.3. The number of amides is 2. The Morgan fingerprint density at radius 3 is 2.53 bits per heavy atom. The van der Waals surface area contributed by atoms with Crippen LogP contribution in [0.4, 0.5) is 10.1 Å². The average Bonchev–Trinajstić information content (AvgIpc) is 3.68. The molecule has 0 unspecified atom stereocenters. The summed E-state index contributed by atoms with van der Waals surface area (Å²) in [5.74, 6) is 0.0752. The molecule has 0 spiro atoms. The number of ether oxygens (including phenoxy) is 1. The minimum absolute atomic E-state index is 0.0538. The van der Waals surface area contributed by atoms with Crippen molar-refractivity contribution in [2.75, 3.05) is 25.1 Å². The van der Waals surface area contributed by atoms with Crippen LogP contribution in [0.3, 0.4) is 0 Å². The van der Waals surface area contributed by atoms with E-state index in [1.807, 2.05) is 4.90 Å². The molecule has 2 aliphatic carbocycles. The van der Waals surface area contributed by atoms with E-state index in [1.165, 1.54) is 19.3 Å². The van der Waals surface area contributed by atoms with Gasteiger partial charge in [-0.05, 0) is 80.5 Å². The normalized spacial score (nSPS) is 25.5. The maximum atomic E-state index is 14.0. The Balaban J connectivity index is 1.29. The van der Waals surface area contributed by atoms with Gasteiger partial charge in [-0.25, -0.2) is 9.18 Å².